The highest BCUT2D eigenvalue weighted by Gasteiger charge is 2.28. The molecule has 1 N–H and O–H groups in total. The van der Waals surface area contributed by atoms with E-state index in [1.807, 2.05) is 13.8 Å². The van der Waals surface area contributed by atoms with Gasteiger partial charge in [0.2, 0.25) is 5.91 Å². The molecule has 0 spiro atoms. The molecule has 0 saturated carbocycles. The highest BCUT2D eigenvalue weighted by Crippen LogP contribution is 2.11. The molecule has 2 amide bonds. The van der Waals surface area contributed by atoms with Gasteiger partial charge >= 0.3 is 0 Å². The van der Waals surface area contributed by atoms with Gasteiger partial charge in [-0.25, -0.2) is 0 Å². The van der Waals surface area contributed by atoms with Gasteiger partial charge in [0.25, 0.3) is 5.91 Å². The van der Waals surface area contributed by atoms with Crippen molar-refractivity contribution in [3.63, 3.8) is 0 Å². The van der Waals surface area contributed by atoms with Gasteiger partial charge in [0.1, 0.15) is 0 Å². The van der Waals surface area contributed by atoms with E-state index in [-0.39, 0.29) is 17.9 Å². The van der Waals surface area contributed by atoms with E-state index in [0.29, 0.717) is 38.5 Å². The van der Waals surface area contributed by atoms with E-state index in [0.717, 1.165) is 6.42 Å². The van der Waals surface area contributed by atoms with Crippen molar-refractivity contribution in [3.8, 4) is 0 Å². The van der Waals surface area contributed by atoms with Crippen LogP contribution in [0.2, 0.25) is 0 Å². The fourth-order valence-corrected chi connectivity index (χ4v) is 2.43. The zero-order valence-corrected chi connectivity index (χ0v) is 12.7. The van der Waals surface area contributed by atoms with Crippen molar-refractivity contribution in [3.05, 3.63) is 24.2 Å². The van der Waals surface area contributed by atoms with E-state index in [2.05, 4.69) is 10.2 Å². The maximum Gasteiger partial charge on any atom is 0.289 e. The second-order valence-electron chi connectivity index (χ2n) is 5.27. The fourth-order valence-electron chi connectivity index (χ4n) is 2.43. The molecule has 1 aromatic heterocycles. The Bertz CT molecular complexity index is 465. The molecule has 6 nitrogen and oxygen atoms in total. The first kappa shape index (κ1) is 15.6. The zero-order chi connectivity index (χ0) is 15.2. The van der Waals surface area contributed by atoms with Crippen molar-refractivity contribution in [1.29, 1.82) is 0 Å². The first-order chi connectivity index (χ1) is 10.1. The predicted molar refractivity (Wildman–Crippen MR) is 78.9 cm³/mol. The van der Waals surface area contributed by atoms with Crippen LogP contribution in [-0.4, -0.2) is 60.4 Å². The maximum absolute atomic E-state index is 12.1. The third-order valence-corrected chi connectivity index (χ3v) is 3.81. The van der Waals surface area contributed by atoms with Gasteiger partial charge in [0, 0.05) is 32.7 Å². The third kappa shape index (κ3) is 3.85. The van der Waals surface area contributed by atoms with Gasteiger partial charge < -0.3 is 14.6 Å². The molecule has 2 heterocycles. The van der Waals surface area contributed by atoms with Gasteiger partial charge in [-0.05, 0) is 25.5 Å². The molecule has 21 heavy (non-hydrogen) atoms. The molecule has 1 fully saturated rings. The van der Waals surface area contributed by atoms with Crippen molar-refractivity contribution in [2.24, 2.45) is 0 Å². The summed E-state index contributed by atoms with van der Waals surface area (Å²) in [5.74, 6) is 0.350. The van der Waals surface area contributed by atoms with Crippen LogP contribution in [0.15, 0.2) is 22.8 Å². The molecule has 0 aliphatic carbocycles. The summed E-state index contributed by atoms with van der Waals surface area (Å²) >= 11 is 0. The van der Waals surface area contributed by atoms with Crippen molar-refractivity contribution >= 4 is 11.8 Å². The number of nitrogens with zero attached hydrogens (tertiary/aromatic N) is 2. The molecule has 2 rings (SSSR count). The molecule has 1 atom stereocenters. The number of hydrogen-bond acceptors (Lipinski definition) is 4. The van der Waals surface area contributed by atoms with Gasteiger partial charge in [0.05, 0.1) is 12.3 Å². The lowest BCUT2D eigenvalue weighted by molar-refractivity contribution is -0.126. The maximum atomic E-state index is 12.1. The second kappa shape index (κ2) is 7.26. The number of carbonyl (C=O) groups is 2. The van der Waals surface area contributed by atoms with Crippen molar-refractivity contribution in [2.75, 3.05) is 32.7 Å². The number of furan rings is 1. The second-order valence-corrected chi connectivity index (χ2v) is 5.27. The highest BCUT2D eigenvalue weighted by atomic mass is 16.3. The molecule has 116 valence electrons. The summed E-state index contributed by atoms with van der Waals surface area (Å²) in [6.45, 7) is 7.29. The molecule has 0 radical (unpaired) electrons. The van der Waals surface area contributed by atoms with E-state index >= 15 is 0 Å². The summed E-state index contributed by atoms with van der Waals surface area (Å²) in [6.07, 6.45) is 2.44. The molecule has 1 aromatic rings. The van der Waals surface area contributed by atoms with E-state index in [1.165, 1.54) is 6.26 Å². The first-order valence-electron chi connectivity index (χ1n) is 7.48. The average Bonchev–Trinajstić information content (AvgIpc) is 3.05. The van der Waals surface area contributed by atoms with Crippen LogP contribution < -0.4 is 5.32 Å². The molecule has 0 bridgehead atoms. The minimum absolute atomic E-state index is 0.0580. The third-order valence-electron chi connectivity index (χ3n) is 3.81. The van der Waals surface area contributed by atoms with Gasteiger partial charge in [0.15, 0.2) is 5.76 Å². The van der Waals surface area contributed by atoms with Crippen LogP contribution in [0.5, 0.6) is 0 Å². The van der Waals surface area contributed by atoms with Crippen LogP contribution in [0.1, 0.15) is 30.8 Å². The Morgan fingerprint density at radius 1 is 1.33 bits per heavy atom. The van der Waals surface area contributed by atoms with Gasteiger partial charge in [-0.15, -0.1) is 0 Å². The normalized spacial score (nSPS) is 17.5. The van der Waals surface area contributed by atoms with Gasteiger partial charge in [-0.1, -0.05) is 6.92 Å². The summed E-state index contributed by atoms with van der Waals surface area (Å²) in [5.41, 5.74) is 0. The van der Waals surface area contributed by atoms with E-state index in [1.54, 1.807) is 17.0 Å². The molecule has 1 unspecified atom stereocenters. The summed E-state index contributed by atoms with van der Waals surface area (Å²) in [4.78, 5) is 28.0. The standard InChI is InChI=1S/C15H23N3O3/c1-3-6-16-14(19)12(2)17-7-9-18(10-8-17)15(20)13-5-4-11-21-13/h4-5,11-12H,3,6-10H2,1-2H3,(H,16,19). The quantitative estimate of drug-likeness (QED) is 0.878. The Morgan fingerprint density at radius 2 is 2.05 bits per heavy atom. The molecule has 1 saturated heterocycles. The van der Waals surface area contributed by atoms with E-state index < -0.39 is 0 Å². The Balaban J connectivity index is 1.82. The average molecular weight is 293 g/mol. The lowest BCUT2D eigenvalue weighted by Gasteiger charge is -2.37. The Morgan fingerprint density at radius 3 is 2.62 bits per heavy atom. The summed E-state index contributed by atoms with van der Waals surface area (Å²) in [5, 5.41) is 2.91. The smallest absolute Gasteiger partial charge is 0.289 e. The van der Waals surface area contributed by atoms with Gasteiger partial charge in [-0.2, -0.15) is 0 Å². The number of carbonyl (C=O) groups excluding carboxylic acids is 2. The number of hydrogen-bond donors (Lipinski definition) is 1. The van der Waals surface area contributed by atoms with Crippen molar-refractivity contribution in [2.45, 2.75) is 26.3 Å². The number of nitrogens with one attached hydrogen (secondary N) is 1. The van der Waals surface area contributed by atoms with Crippen LogP contribution in [0.4, 0.5) is 0 Å². The van der Waals surface area contributed by atoms with Crippen LogP contribution in [0.25, 0.3) is 0 Å². The lowest BCUT2D eigenvalue weighted by Crippen LogP contribution is -2.55. The number of piperazine rings is 1. The van der Waals surface area contributed by atoms with E-state index in [9.17, 15) is 9.59 Å². The molecule has 0 aromatic carbocycles. The zero-order valence-electron chi connectivity index (χ0n) is 12.7. The monoisotopic (exact) mass is 293 g/mol. The lowest BCUT2D eigenvalue weighted by atomic mass is 10.2. The minimum atomic E-state index is -0.155. The summed E-state index contributed by atoms with van der Waals surface area (Å²) in [6, 6.07) is 3.23. The van der Waals surface area contributed by atoms with Crippen LogP contribution in [0.3, 0.4) is 0 Å². The highest BCUT2D eigenvalue weighted by molar-refractivity contribution is 5.91. The molecule has 6 heteroatoms. The largest absolute Gasteiger partial charge is 0.459 e. The Hall–Kier alpha value is -1.82. The summed E-state index contributed by atoms with van der Waals surface area (Å²) in [7, 11) is 0. The van der Waals surface area contributed by atoms with Crippen molar-refractivity contribution in [1.82, 2.24) is 15.1 Å². The number of amides is 2. The molecule has 1 aliphatic heterocycles. The van der Waals surface area contributed by atoms with Crippen LogP contribution in [0, 0.1) is 0 Å². The fraction of sp³-hybridized carbons (Fsp3) is 0.600. The first-order valence-corrected chi connectivity index (χ1v) is 7.48. The molecular weight excluding hydrogens is 270 g/mol. The SMILES string of the molecule is CCCNC(=O)C(C)N1CCN(C(=O)c2ccco2)CC1. The van der Waals surface area contributed by atoms with Gasteiger partial charge in [-0.3, -0.25) is 14.5 Å². The van der Waals surface area contributed by atoms with Crippen molar-refractivity contribution < 1.29 is 14.0 Å². The van der Waals surface area contributed by atoms with Crippen LogP contribution in [-0.2, 0) is 4.79 Å². The van der Waals surface area contributed by atoms with Crippen LogP contribution >= 0.6 is 0 Å². The molecule has 1 aliphatic rings. The topological polar surface area (TPSA) is 65.8 Å². The Kier molecular flexibility index (Phi) is 5.38. The minimum Gasteiger partial charge on any atom is -0.459 e. The Labute approximate surface area is 125 Å². The predicted octanol–water partition coefficient (Wildman–Crippen LogP) is 0.952. The summed E-state index contributed by atoms with van der Waals surface area (Å²) < 4.78 is 5.14. The molecular formula is C15H23N3O3. The number of rotatable bonds is 5. The van der Waals surface area contributed by atoms with E-state index in [4.69, 9.17) is 4.42 Å².